The Kier molecular flexibility index (Phi) is 5.13. The third kappa shape index (κ3) is 4.17. The van der Waals surface area contributed by atoms with E-state index in [2.05, 4.69) is 20.4 Å². The predicted octanol–water partition coefficient (Wildman–Crippen LogP) is 1.78. The Morgan fingerprint density at radius 2 is 2.24 bits per heavy atom. The first-order chi connectivity index (χ1) is 10.2. The molecule has 0 aliphatic carbocycles. The van der Waals surface area contributed by atoms with Crippen molar-refractivity contribution < 1.29 is 8.91 Å². The topological polar surface area (TPSA) is 54.2 Å². The van der Waals surface area contributed by atoms with Crippen LogP contribution in [0.15, 0.2) is 4.52 Å². The summed E-state index contributed by atoms with van der Waals surface area (Å²) in [5.41, 5.74) is 0. The molecule has 0 bridgehead atoms. The summed E-state index contributed by atoms with van der Waals surface area (Å²) in [5.74, 6) is 3.69. The van der Waals surface area contributed by atoms with Crippen molar-refractivity contribution in [2.75, 3.05) is 24.6 Å². The molecule has 0 saturated carbocycles. The number of alkyl halides is 1. The molecule has 0 amide bonds. The van der Waals surface area contributed by atoms with E-state index in [0.717, 1.165) is 6.54 Å². The van der Waals surface area contributed by atoms with E-state index in [1.807, 2.05) is 11.8 Å². The molecule has 2 atom stereocenters. The van der Waals surface area contributed by atoms with Crippen LogP contribution in [0.25, 0.3) is 0 Å². The maximum absolute atomic E-state index is 13.8. The number of nitrogens with zero attached hydrogens (tertiary/aromatic N) is 3. The van der Waals surface area contributed by atoms with Crippen molar-refractivity contribution in [3.05, 3.63) is 11.7 Å². The Hall–Kier alpha value is -0.660. The molecule has 0 unspecified atom stereocenters. The van der Waals surface area contributed by atoms with Gasteiger partial charge in [-0.3, -0.25) is 4.90 Å². The maximum Gasteiger partial charge on any atom is 0.223 e. The minimum Gasteiger partial charge on any atom is -0.340 e. The molecule has 118 valence electrons. The van der Waals surface area contributed by atoms with Gasteiger partial charge in [-0.15, -0.1) is 0 Å². The van der Waals surface area contributed by atoms with Gasteiger partial charge < -0.3 is 9.84 Å². The monoisotopic (exact) mass is 314 g/mol. The van der Waals surface area contributed by atoms with Crippen LogP contribution in [-0.4, -0.2) is 57.9 Å². The molecule has 1 aromatic rings. The second-order valence-corrected chi connectivity index (χ2v) is 7.17. The number of nitrogens with one attached hydrogen (secondary N) is 1. The van der Waals surface area contributed by atoms with Gasteiger partial charge in [0.05, 0.1) is 6.54 Å². The number of halogens is 1. The average Bonchev–Trinajstić information content (AvgIpc) is 3.04. The molecule has 1 N–H and O–H groups in total. The fraction of sp³-hybridized carbons (Fsp3) is 0.857. The minimum atomic E-state index is -0.744. The summed E-state index contributed by atoms with van der Waals surface area (Å²) in [6.07, 6.45) is 2.30. The summed E-state index contributed by atoms with van der Waals surface area (Å²) in [6.45, 7) is 3.68. The van der Waals surface area contributed by atoms with Gasteiger partial charge in [0.15, 0.2) is 5.82 Å². The van der Waals surface area contributed by atoms with Gasteiger partial charge in [0.2, 0.25) is 5.89 Å². The van der Waals surface area contributed by atoms with Gasteiger partial charge in [-0.1, -0.05) is 5.16 Å². The van der Waals surface area contributed by atoms with Crippen LogP contribution in [0.1, 0.15) is 31.0 Å². The van der Waals surface area contributed by atoms with Crippen molar-refractivity contribution in [1.29, 1.82) is 0 Å². The standard InChI is InChI=1S/C14H23FN4OS/c1-10-17-14(18-20-10)9-19-8-11(15)6-13(19)7-16-12-2-4-21-5-3-12/h11-13,16H,2-9H2,1H3/t11-,13-/m0/s1. The summed E-state index contributed by atoms with van der Waals surface area (Å²) in [6, 6.07) is 0.826. The molecule has 2 aliphatic heterocycles. The van der Waals surface area contributed by atoms with Gasteiger partial charge >= 0.3 is 0 Å². The Balaban J connectivity index is 1.52. The zero-order valence-electron chi connectivity index (χ0n) is 12.4. The fourth-order valence-electron chi connectivity index (χ4n) is 3.12. The number of aromatic nitrogens is 2. The van der Waals surface area contributed by atoms with Crippen LogP contribution >= 0.6 is 11.8 Å². The van der Waals surface area contributed by atoms with Gasteiger partial charge in [-0.2, -0.15) is 16.7 Å². The Bertz CT molecular complexity index is 452. The molecule has 2 aliphatic rings. The van der Waals surface area contributed by atoms with Crippen LogP contribution in [-0.2, 0) is 6.54 Å². The molecular weight excluding hydrogens is 291 g/mol. The van der Waals surface area contributed by atoms with E-state index in [1.165, 1.54) is 24.3 Å². The molecule has 3 rings (SSSR count). The molecule has 2 saturated heterocycles. The van der Waals surface area contributed by atoms with Crippen LogP contribution < -0.4 is 5.32 Å². The van der Waals surface area contributed by atoms with Crippen molar-refractivity contribution in [3.63, 3.8) is 0 Å². The van der Waals surface area contributed by atoms with E-state index < -0.39 is 6.17 Å². The molecule has 0 spiro atoms. The maximum atomic E-state index is 13.8. The van der Waals surface area contributed by atoms with Crippen LogP contribution in [0.2, 0.25) is 0 Å². The summed E-state index contributed by atoms with van der Waals surface area (Å²) < 4.78 is 18.8. The number of thioether (sulfide) groups is 1. The molecule has 1 aromatic heterocycles. The molecular formula is C14H23FN4OS. The lowest BCUT2D eigenvalue weighted by Gasteiger charge is -2.27. The van der Waals surface area contributed by atoms with E-state index in [-0.39, 0.29) is 6.04 Å². The zero-order chi connectivity index (χ0) is 14.7. The second kappa shape index (κ2) is 7.07. The fourth-order valence-corrected chi connectivity index (χ4v) is 4.23. The third-order valence-electron chi connectivity index (χ3n) is 4.25. The molecule has 3 heterocycles. The van der Waals surface area contributed by atoms with Gasteiger partial charge in [-0.05, 0) is 30.8 Å². The summed E-state index contributed by atoms with van der Waals surface area (Å²) >= 11 is 2.02. The first kappa shape index (κ1) is 15.2. The molecule has 0 radical (unpaired) electrons. The van der Waals surface area contributed by atoms with Crippen molar-refractivity contribution in [2.24, 2.45) is 0 Å². The quantitative estimate of drug-likeness (QED) is 0.894. The highest BCUT2D eigenvalue weighted by atomic mass is 32.2. The first-order valence-corrected chi connectivity index (χ1v) is 8.84. The van der Waals surface area contributed by atoms with Crippen LogP contribution in [0.4, 0.5) is 4.39 Å². The highest BCUT2D eigenvalue weighted by molar-refractivity contribution is 7.99. The highest BCUT2D eigenvalue weighted by Gasteiger charge is 2.33. The number of rotatable bonds is 5. The Labute approximate surface area is 129 Å². The molecule has 5 nitrogen and oxygen atoms in total. The van der Waals surface area contributed by atoms with Crippen molar-refractivity contribution in [3.8, 4) is 0 Å². The summed E-state index contributed by atoms with van der Waals surface area (Å²) in [7, 11) is 0. The number of hydrogen-bond donors (Lipinski definition) is 1. The Morgan fingerprint density at radius 1 is 1.43 bits per heavy atom. The van der Waals surface area contributed by atoms with Gasteiger partial charge in [0.1, 0.15) is 6.17 Å². The van der Waals surface area contributed by atoms with E-state index in [0.29, 0.717) is 37.3 Å². The van der Waals surface area contributed by atoms with E-state index in [4.69, 9.17) is 4.52 Å². The largest absolute Gasteiger partial charge is 0.340 e. The number of hydrogen-bond acceptors (Lipinski definition) is 6. The van der Waals surface area contributed by atoms with Gasteiger partial charge in [0.25, 0.3) is 0 Å². The molecule has 7 heteroatoms. The normalized spacial score (nSPS) is 28.3. The van der Waals surface area contributed by atoms with Gasteiger partial charge in [0, 0.05) is 32.1 Å². The van der Waals surface area contributed by atoms with E-state index in [9.17, 15) is 4.39 Å². The lowest BCUT2D eigenvalue weighted by Crippen LogP contribution is -2.42. The van der Waals surface area contributed by atoms with Crippen molar-refractivity contribution >= 4 is 11.8 Å². The zero-order valence-corrected chi connectivity index (χ0v) is 13.2. The predicted molar refractivity (Wildman–Crippen MR) is 81.1 cm³/mol. The first-order valence-electron chi connectivity index (χ1n) is 7.69. The Morgan fingerprint density at radius 3 is 2.95 bits per heavy atom. The van der Waals surface area contributed by atoms with E-state index >= 15 is 0 Å². The average molecular weight is 314 g/mol. The minimum absolute atomic E-state index is 0.230. The molecule has 21 heavy (non-hydrogen) atoms. The summed E-state index contributed by atoms with van der Waals surface area (Å²) in [4.78, 5) is 6.36. The number of aryl methyl sites for hydroxylation is 1. The van der Waals surface area contributed by atoms with Gasteiger partial charge in [-0.25, -0.2) is 4.39 Å². The van der Waals surface area contributed by atoms with Crippen LogP contribution in [0.3, 0.4) is 0 Å². The SMILES string of the molecule is Cc1nc(CN2C[C@@H](F)C[C@H]2CNC2CCSCC2)no1. The highest BCUT2D eigenvalue weighted by Crippen LogP contribution is 2.23. The smallest absolute Gasteiger partial charge is 0.223 e. The number of likely N-dealkylation sites (tertiary alicyclic amines) is 1. The van der Waals surface area contributed by atoms with Crippen molar-refractivity contribution in [1.82, 2.24) is 20.4 Å². The van der Waals surface area contributed by atoms with Crippen molar-refractivity contribution in [2.45, 2.75) is 51.0 Å². The van der Waals surface area contributed by atoms with Crippen LogP contribution in [0.5, 0.6) is 0 Å². The lowest BCUT2D eigenvalue weighted by molar-refractivity contribution is 0.217. The summed E-state index contributed by atoms with van der Waals surface area (Å²) in [5, 5.41) is 7.53. The second-order valence-electron chi connectivity index (χ2n) is 5.94. The molecule has 2 fully saturated rings. The van der Waals surface area contributed by atoms with Crippen LogP contribution in [0, 0.1) is 6.92 Å². The lowest BCUT2D eigenvalue weighted by atomic mass is 10.1. The third-order valence-corrected chi connectivity index (χ3v) is 5.30. The molecule has 0 aromatic carbocycles. The van der Waals surface area contributed by atoms with E-state index in [1.54, 1.807) is 6.92 Å².